The Kier molecular flexibility index (Phi) is 5.81. The number of ether oxygens (including phenoxy) is 1. The van der Waals surface area contributed by atoms with Crippen molar-refractivity contribution < 1.29 is 9.15 Å². The van der Waals surface area contributed by atoms with E-state index in [4.69, 9.17) is 9.15 Å². The highest BCUT2D eigenvalue weighted by atomic mass is 32.1. The molecule has 0 aliphatic heterocycles. The number of nitrogens with zero attached hydrogens (tertiary/aromatic N) is 4. The highest BCUT2D eigenvalue weighted by molar-refractivity contribution is 7.22. The Morgan fingerprint density at radius 1 is 1.38 bits per heavy atom. The van der Waals surface area contributed by atoms with Gasteiger partial charge in [-0.05, 0) is 32.4 Å². The van der Waals surface area contributed by atoms with Crippen LogP contribution in [0, 0.1) is 18.3 Å². The third-order valence-corrected chi connectivity index (χ3v) is 7.73. The topological polar surface area (TPSA) is 93.9 Å². The summed E-state index contributed by atoms with van der Waals surface area (Å²) in [6, 6.07) is 3.23. The molecule has 0 aliphatic carbocycles. The number of hydrogen-bond donors (Lipinski definition) is 0. The van der Waals surface area contributed by atoms with Crippen molar-refractivity contribution >= 4 is 29.6 Å². The number of thiophene rings is 1. The van der Waals surface area contributed by atoms with Crippen LogP contribution in [0.15, 0.2) is 21.7 Å². The second-order valence-electron chi connectivity index (χ2n) is 8.84. The molecule has 0 unspecified atom stereocenters. The first-order chi connectivity index (χ1) is 13.5. The molecule has 0 atom stereocenters. The van der Waals surface area contributed by atoms with E-state index >= 15 is 0 Å². The molecule has 154 valence electrons. The lowest BCUT2D eigenvalue weighted by molar-refractivity contribution is 0.0805. The van der Waals surface area contributed by atoms with Crippen molar-refractivity contribution in [3.8, 4) is 16.8 Å². The molecule has 0 amide bonds. The van der Waals surface area contributed by atoms with E-state index in [1.165, 1.54) is 17.6 Å². The summed E-state index contributed by atoms with van der Waals surface area (Å²) in [6.45, 7) is 13.0. The van der Waals surface area contributed by atoms with Gasteiger partial charge in [-0.15, -0.1) is 11.3 Å². The molecular weight excluding hydrogens is 404 g/mol. The van der Waals surface area contributed by atoms with E-state index in [0.717, 1.165) is 16.5 Å². The third-order valence-electron chi connectivity index (χ3n) is 4.73. The Bertz CT molecular complexity index is 1120. The number of aryl methyl sites for hydroxylation is 1. The maximum Gasteiger partial charge on any atom is 0.236 e. The minimum atomic E-state index is -1.21. The largest absolute Gasteiger partial charge is 0.444 e. The maximum atomic E-state index is 13.2. The Hall–Kier alpha value is -2.28. The van der Waals surface area contributed by atoms with Gasteiger partial charge in [0.25, 0.3) is 0 Å². The van der Waals surface area contributed by atoms with E-state index in [0.29, 0.717) is 22.7 Å². The van der Waals surface area contributed by atoms with Gasteiger partial charge in [-0.25, -0.2) is 9.67 Å². The van der Waals surface area contributed by atoms with Crippen LogP contribution in [0.4, 0.5) is 0 Å². The summed E-state index contributed by atoms with van der Waals surface area (Å²) in [5, 5.41) is 14.7. The average Bonchev–Trinajstić information content (AvgIpc) is 3.27. The fourth-order valence-electron chi connectivity index (χ4n) is 2.90. The molecule has 0 fully saturated rings. The van der Waals surface area contributed by atoms with Gasteiger partial charge in [0.15, 0.2) is 0 Å². The predicted octanol–water partition coefficient (Wildman–Crippen LogP) is 4.53. The van der Waals surface area contributed by atoms with E-state index in [9.17, 15) is 10.1 Å². The van der Waals surface area contributed by atoms with Gasteiger partial charge in [0.1, 0.15) is 23.5 Å². The Labute approximate surface area is 175 Å². The van der Waals surface area contributed by atoms with Crippen molar-refractivity contribution in [3.05, 3.63) is 33.9 Å². The fourth-order valence-corrected chi connectivity index (χ4v) is 4.84. The second-order valence-corrected chi connectivity index (χ2v) is 15.5. The number of rotatable bonds is 7. The molecule has 0 radical (unpaired) electrons. The van der Waals surface area contributed by atoms with Crippen LogP contribution in [0.3, 0.4) is 0 Å². The van der Waals surface area contributed by atoms with Gasteiger partial charge in [-0.3, -0.25) is 4.79 Å². The molecule has 3 aromatic heterocycles. The minimum absolute atomic E-state index is 0.223. The Balaban J connectivity index is 2.13. The first-order valence-electron chi connectivity index (χ1n) is 9.49. The zero-order valence-electron chi connectivity index (χ0n) is 17.7. The second kappa shape index (κ2) is 7.86. The minimum Gasteiger partial charge on any atom is -0.444 e. The highest BCUT2D eigenvalue weighted by Crippen LogP contribution is 2.36. The standard InChI is InChI=1S/C20H26N4O3SSi/c1-13-14-15(25)17(20(2,3)11-21)23-24(12-26-9-10-29(4,5)6)19(14)28-16(13)18-22-7-8-27-18/h7-8H,9-10,12H2,1-6H3. The summed E-state index contributed by atoms with van der Waals surface area (Å²) in [6.07, 6.45) is 3.08. The molecule has 0 bridgehead atoms. The summed E-state index contributed by atoms with van der Waals surface area (Å²) in [5.41, 5.74) is -0.230. The average molecular weight is 431 g/mol. The van der Waals surface area contributed by atoms with Crippen LogP contribution in [0.5, 0.6) is 0 Å². The SMILES string of the molecule is Cc1c(-c2ncco2)sc2c1c(=O)c(C(C)(C)C#N)nn2COCC[Si](C)(C)C. The van der Waals surface area contributed by atoms with Crippen molar-refractivity contribution in [2.75, 3.05) is 6.61 Å². The highest BCUT2D eigenvalue weighted by Gasteiger charge is 2.30. The third kappa shape index (κ3) is 4.34. The van der Waals surface area contributed by atoms with E-state index in [1.54, 1.807) is 24.7 Å². The number of oxazole rings is 1. The molecule has 0 aromatic carbocycles. The number of nitriles is 1. The molecule has 9 heteroatoms. The lowest BCUT2D eigenvalue weighted by Crippen LogP contribution is -2.30. The summed E-state index contributed by atoms with van der Waals surface area (Å²) in [7, 11) is -1.21. The van der Waals surface area contributed by atoms with Crippen molar-refractivity contribution in [1.82, 2.24) is 14.8 Å². The molecule has 29 heavy (non-hydrogen) atoms. The van der Waals surface area contributed by atoms with Crippen LogP contribution in [-0.2, 0) is 16.9 Å². The first kappa shape index (κ1) is 21.4. The van der Waals surface area contributed by atoms with E-state index < -0.39 is 13.5 Å². The maximum absolute atomic E-state index is 13.2. The van der Waals surface area contributed by atoms with Crippen LogP contribution in [-0.4, -0.2) is 29.4 Å². The number of aromatic nitrogens is 3. The van der Waals surface area contributed by atoms with Gasteiger partial charge in [0, 0.05) is 14.7 Å². The molecule has 0 spiro atoms. The molecular formula is C20H26N4O3SSi. The zero-order chi connectivity index (χ0) is 21.4. The van der Waals surface area contributed by atoms with Gasteiger partial charge in [0.2, 0.25) is 11.3 Å². The predicted molar refractivity (Wildman–Crippen MR) is 117 cm³/mol. The van der Waals surface area contributed by atoms with Crippen molar-refractivity contribution in [1.29, 1.82) is 5.26 Å². The summed E-state index contributed by atoms with van der Waals surface area (Å²) >= 11 is 1.40. The Morgan fingerprint density at radius 3 is 2.69 bits per heavy atom. The van der Waals surface area contributed by atoms with Crippen LogP contribution in [0.25, 0.3) is 21.0 Å². The monoisotopic (exact) mass is 430 g/mol. The molecule has 0 aliphatic rings. The Morgan fingerprint density at radius 2 is 2.10 bits per heavy atom. The molecule has 0 saturated heterocycles. The van der Waals surface area contributed by atoms with Crippen LogP contribution < -0.4 is 5.43 Å². The lowest BCUT2D eigenvalue weighted by atomic mass is 9.90. The van der Waals surface area contributed by atoms with Crippen molar-refractivity contribution in [2.45, 2.75) is 58.6 Å². The van der Waals surface area contributed by atoms with Gasteiger partial charge in [0.05, 0.1) is 27.9 Å². The molecule has 7 nitrogen and oxygen atoms in total. The van der Waals surface area contributed by atoms with Crippen LogP contribution in [0.1, 0.15) is 25.1 Å². The molecule has 0 N–H and O–H groups in total. The molecule has 0 saturated carbocycles. The molecule has 3 aromatic rings. The number of fused-ring (bicyclic) bond motifs is 1. The fraction of sp³-hybridized carbons (Fsp3) is 0.500. The van der Waals surface area contributed by atoms with Crippen LogP contribution in [0.2, 0.25) is 25.7 Å². The smallest absolute Gasteiger partial charge is 0.236 e. The van der Waals surface area contributed by atoms with Crippen LogP contribution >= 0.6 is 11.3 Å². The van der Waals surface area contributed by atoms with Gasteiger partial charge < -0.3 is 9.15 Å². The first-order valence-corrected chi connectivity index (χ1v) is 14.0. The zero-order valence-corrected chi connectivity index (χ0v) is 19.5. The van der Waals surface area contributed by atoms with E-state index in [2.05, 4.69) is 35.8 Å². The van der Waals surface area contributed by atoms with Gasteiger partial charge in [-0.2, -0.15) is 10.4 Å². The van der Waals surface area contributed by atoms with Gasteiger partial charge >= 0.3 is 0 Å². The van der Waals surface area contributed by atoms with Gasteiger partial charge in [-0.1, -0.05) is 19.6 Å². The quantitative estimate of drug-likeness (QED) is 0.404. The van der Waals surface area contributed by atoms with Crippen molar-refractivity contribution in [3.63, 3.8) is 0 Å². The summed E-state index contributed by atoms with van der Waals surface area (Å²) in [5.74, 6) is 0.468. The van der Waals surface area contributed by atoms with E-state index in [-0.39, 0.29) is 17.9 Å². The van der Waals surface area contributed by atoms with Crippen molar-refractivity contribution in [2.24, 2.45) is 0 Å². The summed E-state index contributed by atoms with van der Waals surface area (Å²) in [4.78, 5) is 19.0. The normalized spacial score (nSPS) is 12.4. The van der Waals surface area contributed by atoms with E-state index in [1.807, 2.05) is 6.92 Å². The summed E-state index contributed by atoms with van der Waals surface area (Å²) < 4.78 is 13.0. The number of hydrogen-bond acceptors (Lipinski definition) is 7. The molecule has 3 rings (SSSR count). The molecule has 3 heterocycles. The lowest BCUT2D eigenvalue weighted by Gasteiger charge is -2.18.